The molecule has 8 atom stereocenters. The van der Waals surface area contributed by atoms with Gasteiger partial charge in [-0.1, -0.05) is 60.3 Å². The zero-order valence-corrected chi connectivity index (χ0v) is 23.6. The number of aliphatic hydroxyl groups excluding tert-OH is 1. The van der Waals surface area contributed by atoms with E-state index >= 15 is 0 Å². The average molecular weight is 454 g/mol. The summed E-state index contributed by atoms with van der Waals surface area (Å²) in [5.41, 5.74) is -0.0395. The molecule has 4 nitrogen and oxygen atoms in total. The van der Waals surface area contributed by atoms with Crippen molar-refractivity contribution in [1.29, 1.82) is 0 Å². The molecule has 2 aliphatic rings. The van der Waals surface area contributed by atoms with E-state index in [1.807, 2.05) is 0 Å². The van der Waals surface area contributed by atoms with Gasteiger partial charge in [0.25, 0.3) is 0 Å². The average Bonchev–Trinajstić information content (AvgIpc) is 3.43. The van der Waals surface area contributed by atoms with Crippen LogP contribution in [0.25, 0.3) is 0 Å². The predicted octanol–water partition coefficient (Wildman–Crippen LogP) is 6.13. The quantitative estimate of drug-likeness (QED) is 0.285. The Morgan fingerprint density at radius 3 is 2.12 bits per heavy atom. The summed E-state index contributed by atoms with van der Waals surface area (Å²) in [7, 11) is 6.83. The summed E-state index contributed by atoms with van der Waals surface area (Å²) in [5.74, 6) is 2.60. The van der Waals surface area contributed by atoms with Crippen LogP contribution < -0.4 is 0 Å². The molecule has 8 unspecified atom stereocenters. The van der Waals surface area contributed by atoms with E-state index in [9.17, 15) is 5.11 Å². The largest absolute Gasteiger partial charge is 0.378 e. The second kappa shape index (κ2) is 10.2. The molecule has 2 rings (SSSR count). The molecule has 4 heteroatoms. The molecule has 0 aromatic rings. The Hall–Kier alpha value is -0.160. The minimum atomic E-state index is -0.433. The predicted molar refractivity (Wildman–Crippen MR) is 136 cm³/mol. The molecule has 2 saturated heterocycles. The van der Waals surface area contributed by atoms with Crippen LogP contribution in [0.5, 0.6) is 0 Å². The second-order valence-corrected chi connectivity index (χ2v) is 13.6. The first-order valence-electron chi connectivity index (χ1n) is 13.5. The molecule has 0 spiro atoms. The number of rotatable bonds is 12. The van der Waals surface area contributed by atoms with Crippen LogP contribution in [0.3, 0.4) is 0 Å². The van der Waals surface area contributed by atoms with Crippen LogP contribution in [-0.2, 0) is 4.74 Å². The van der Waals surface area contributed by atoms with Gasteiger partial charge in [-0.2, -0.15) is 0 Å². The Kier molecular flexibility index (Phi) is 8.97. The van der Waals surface area contributed by atoms with Crippen LogP contribution in [0.1, 0.15) is 101 Å². The molecule has 0 aromatic heterocycles. The van der Waals surface area contributed by atoms with Gasteiger partial charge in [-0.25, -0.2) is 4.90 Å². The number of nitrogens with zero attached hydrogens (tertiary/aromatic N) is 2. The summed E-state index contributed by atoms with van der Waals surface area (Å²) in [4.78, 5) is 2.36. The van der Waals surface area contributed by atoms with Crippen LogP contribution in [0, 0.1) is 29.6 Å². The van der Waals surface area contributed by atoms with Crippen molar-refractivity contribution in [3.63, 3.8) is 0 Å². The molecular weight excluding hydrogens is 396 g/mol. The maximum absolute atomic E-state index is 11.9. The van der Waals surface area contributed by atoms with Crippen molar-refractivity contribution < 1.29 is 14.3 Å². The second-order valence-electron chi connectivity index (χ2n) is 13.6. The standard InChI is InChI=1S/C28H57N2O2/c1-13-15-16-20(4)21(5)23-22(17-19(3)14-2)25(31)29(26-24(23)32-26)27(6,7)18-28(8,9)30(10,11)12/h19-26,31H,13-18H2,1-12H3/q+1. The third-order valence-corrected chi connectivity index (χ3v) is 9.59. The van der Waals surface area contributed by atoms with Gasteiger partial charge in [0.1, 0.15) is 18.6 Å². The number of unbranched alkanes of at least 4 members (excludes halogenated alkanes) is 1. The summed E-state index contributed by atoms with van der Waals surface area (Å²) in [5, 5.41) is 11.9. The highest BCUT2D eigenvalue weighted by molar-refractivity contribution is 5.07. The van der Waals surface area contributed by atoms with Gasteiger partial charge in [-0.05, 0) is 57.8 Å². The van der Waals surface area contributed by atoms with Crippen LogP contribution >= 0.6 is 0 Å². The molecular formula is C28H57N2O2+. The normalized spacial score (nSPS) is 32.3. The highest BCUT2D eigenvalue weighted by Gasteiger charge is 2.64. The number of fused-ring (bicyclic) bond motifs is 1. The van der Waals surface area contributed by atoms with E-state index in [-0.39, 0.29) is 29.3 Å². The van der Waals surface area contributed by atoms with Gasteiger partial charge in [0.15, 0.2) is 0 Å². The summed E-state index contributed by atoms with van der Waals surface area (Å²) in [6.07, 6.45) is 7.02. The van der Waals surface area contributed by atoms with Gasteiger partial charge >= 0.3 is 0 Å². The van der Waals surface area contributed by atoms with Crippen LogP contribution in [0.15, 0.2) is 0 Å². The molecule has 0 saturated carbocycles. The third-order valence-electron chi connectivity index (χ3n) is 9.59. The molecule has 2 fully saturated rings. The van der Waals surface area contributed by atoms with Gasteiger partial charge < -0.3 is 14.3 Å². The van der Waals surface area contributed by atoms with Gasteiger partial charge in [0.2, 0.25) is 0 Å². The minimum Gasteiger partial charge on any atom is -0.378 e. The van der Waals surface area contributed by atoms with E-state index in [4.69, 9.17) is 4.74 Å². The molecule has 2 aliphatic heterocycles. The fourth-order valence-electron chi connectivity index (χ4n) is 6.28. The Bertz CT molecular complexity index is 597. The first-order chi connectivity index (χ1) is 14.6. The SMILES string of the molecule is CCCCC(C)C(C)C1C(CC(C)CC)C(O)N(C(C)(C)CC(C)(C)[N+](C)(C)C)C2OC12. The molecule has 1 N–H and O–H groups in total. The summed E-state index contributed by atoms with van der Waals surface area (Å²) < 4.78 is 7.34. The zero-order valence-electron chi connectivity index (χ0n) is 23.6. The summed E-state index contributed by atoms with van der Waals surface area (Å²) >= 11 is 0. The number of quaternary nitrogens is 1. The maximum Gasteiger partial charge on any atom is 0.140 e. The van der Waals surface area contributed by atoms with E-state index in [2.05, 4.69) is 88.4 Å². The van der Waals surface area contributed by atoms with E-state index < -0.39 is 6.23 Å². The topological polar surface area (TPSA) is 36.0 Å². The third kappa shape index (κ3) is 5.90. The first-order valence-corrected chi connectivity index (χ1v) is 13.5. The lowest BCUT2D eigenvalue weighted by atomic mass is 9.67. The number of hydrogen-bond donors (Lipinski definition) is 1. The van der Waals surface area contributed by atoms with Gasteiger partial charge in [0.05, 0.1) is 26.7 Å². The van der Waals surface area contributed by atoms with Crippen molar-refractivity contribution in [1.82, 2.24) is 4.90 Å². The molecule has 0 bridgehead atoms. The number of piperidine rings is 1. The fraction of sp³-hybridized carbons (Fsp3) is 1.00. The maximum atomic E-state index is 11.9. The van der Waals surface area contributed by atoms with E-state index in [0.717, 1.165) is 17.3 Å². The van der Waals surface area contributed by atoms with Crippen molar-refractivity contribution in [3.8, 4) is 0 Å². The number of aliphatic hydroxyl groups is 1. The Labute approximate surface area is 200 Å². The zero-order chi connectivity index (χ0) is 24.6. The summed E-state index contributed by atoms with van der Waals surface area (Å²) in [6.45, 7) is 21.1. The monoisotopic (exact) mass is 453 g/mol. The van der Waals surface area contributed by atoms with Crippen molar-refractivity contribution in [2.75, 3.05) is 21.1 Å². The number of epoxide rings is 1. The molecule has 32 heavy (non-hydrogen) atoms. The van der Waals surface area contributed by atoms with E-state index in [1.54, 1.807) is 0 Å². The van der Waals surface area contributed by atoms with E-state index in [1.165, 1.54) is 25.7 Å². The summed E-state index contributed by atoms with van der Waals surface area (Å²) in [6, 6.07) is 0. The lowest BCUT2D eigenvalue weighted by Gasteiger charge is -2.53. The number of hydrogen-bond acceptors (Lipinski definition) is 3. The van der Waals surface area contributed by atoms with E-state index in [0.29, 0.717) is 23.7 Å². The van der Waals surface area contributed by atoms with Crippen molar-refractivity contribution in [2.24, 2.45) is 29.6 Å². The van der Waals surface area contributed by atoms with Gasteiger partial charge in [-0.15, -0.1) is 0 Å². The lowest BCUT2D eigenvalue weighted by Crippen LogP contribution is -2.64. The van der Waals surface area contributed by atoms with Crippen molar-refractivity contribution in [2.45, 2.75) is 130 Å². The highest BCUT2D eigenvalue weighted by Crippen LogP contribution is 2.54. The van der Waals surface area contributed by atoms with Gasteiger partial charge in [0, 0.05) is 17.9 Å². The van der Waals surface area contributed by atoms with Crippen LogP contribution in [0.2, 0.25) is 0 Å². The van der Waals surface area contributed by atoms with Crippen molar-refractivity contribution in [3.05, 3.63) is 0 Å². The Morgan fingerprint density at radius 1 is 1.03 bits per heavy atom. The lowest BCUT2D eigenvalue weighted by molar-refractivity contribution is -0.920. The number of ether oxygens (including phenoxy) is 1. The first kappa shape index (κ1) is 28.1. The Morgan fingerprint density at radius 2 is 1.62 bits per heavy atom. The molecule has 0 radical (unpaired) electrons. The van der Waals surface area contributed by atoms with Gasteiger partial charge in [-0.3, -0.25) is 0 Å². The minimum absolute atomic E-state index is 0.0716. The molecule has 0 aromatic carbocycles. The number of likely N-dealkylation sites (tertiary alicyclic amines) is 1. The molecule has 0 amide bonds. The highest BCUT2D eigenvalue weighted by atomic mass is 16.6. The fourth-order valence-corrected chi connectivity index (χ4v) is 6.28. The van der Waals surface area contributed by atoms with Crippen LogP contribution in [0.4, 0.5) is 0 Å². The Balaban J connectivity index is 2.32. The molecule has 190 valence electrons. The van der Waals surface area contributed by atoms with Crippen molar-refractivity contribution >= 4 is 0 Å². The van der Waals surface area contributed by atoms with Crippen LogP contribution in [-0.4, -0.2) is 65.3 Å². The smallest absolute Gasteiger partial charge is 0.140 e. The molecule has 2 heterocycles. The molecule has 0 aliphatic carbocycles.